The van der Waals surface area contributed by atoms with Crippen LogP contribution in [-0.2, 0) is 29.3 Å². The van der Waals surface area contributed by atoms with Crippen molar-refractivity contribution >= 4 is 31.6 Å². The van der Waals surface area contributed by atoms with Crippen LogP contribution in [0.15, 0.2) is 29.2 Å². The van der Waals surface area contributed by atoms with E-state index in [0.29, 0.717) is 5.69 Å². The van der Waals surface area contributed by atoms with Gasteiger partial charge in [0.1, 0.15) is 6.10 Å². The summed E-state index contributed by atoms with van der Waals surface area (Å²) in [6.07, 6.45) is -4.83. The number of sulfonamides is 1. The van der Waals surface area contributed by atoms with Crippen LogP contribution in [0.2, 0.25) is 0 Å². The monoisotopic (exact) mass is 500 g/mol. The number of hydrogen-bond donors (Lipinski definition) is 0. The van der Waals surface area contributed by atoms with E-state index in [-0.39, 0.29) is 50.1 Å². The molecule has 0 radical (unpaired) electrons. The number of rotatable bonds is 7. The Morgan fingerprint density at radius 2 is 1.69 bits per heavy atom. The minimum atomic E-state index is -4.80. The highest BCUT2D eigenvalue weighted by Crippen LogP contribution is 2.26. The van der Waals surface area contributed by atoms with Gasteiger partial charge in [-0.15, -0.1) is 0 Å². The van der Waals surface area contributed by atoms with E-state index in [1.807, 2.05) is 0 Å². The summed E-state index contributed by atoms with van der Waals surface area (Å²) in [4.78, 5) is 13.6. The SMILES string of the molecule is CS(=O)(=O)c1ccc(N2CC(COC3CCN(S(=O)(=O)CC(F)(F)F)CC3)OC2=O)cc1. The molecule has 2 heterocycles. The lowest BCUT2D eigenvalue weighted by molar-refractivity contribution is -0.107. The summed E-state index contributed by atoms with van der Waals surface area (Å²) in [6, 6.07) is 5.78. The molecule has 1 aromatic rings. The number of anilines is 1. The third kappa shape index (κ3) is 6.33. The van der Waals surface area contributed by atoms with Crippen LogP contribution in [-0.4, -0.2) is 83.9 Å². The topological polar surface area (TPSA) is 110 Å². The molecule has 3 rings (SSSR count). The lowest BCUT2D eigenvalue weighted by Gasteiger charge is -2.31. The summed E-state index contributed by atoms with van der Waals surface area (Å²) in [7, 11) is -7.78. The van der Waals surface area contributed by atoms with Crippen molar-refractivity contribution < 1.29 is 44.3 Å². The van der Waals surface area contributed by atoms with Gasteiger partial charge in [0, 0.05) is 25.0 Å². The molecule has 1 amide bonds. The largest absolute Gasteiger partial charge is 0.441 e. The first-order valence-corrected chi connectivity index (χ1v) is 13.2. The fourth-order valence-corrected chi connectivity index (χ4v) is 5.50. The molecule has 9 nitrogen and oxygen atoms in total. The number of hydrogen-bond acceptors (Lipinski definition) is 7. The Balaban J connectivity index is 1.48. The predicted octanol–water partition coefficient (Wildman–Crippen LogP) is 1.79. The highest BCUT2D eigenvalue weighted by Gasteiger charge is 2.40. The van der Waals surface area contributed by atoms with Gasteiger partial charge in [-0.3, -0.25) is 4.90 Å². The average molecular weight is 501 g/mol. The summed E-state index contributed by atoms with van der Waals surface area (Å²) in [5, 5.41) is 0. The van der Waals surface area contributed by atoms with Gasteiger partial charge >= 0.3 is 12.3 Å². The summed E-state index contributed by atoms with van der Waals surface area (Å²) < 4.78 is 95.8. The van der Waals surface area contributed by atoms with Gasteiger partial charge in [-0.1, -0.05) is 0 Å². The first-order valence-electron chi connectivity index (χ1n) is 9.69. The number of cyclic esters (lactones) is 1. The first-order chi connectivity index (χ1) is 14.7. The maximum atomic E-state index is 12.4. The van der Waals surface area contributed by atoms with Crippen LogP contribution >= 0.6 is 0 Å². The Labute approximate surface area is 184 Å². The molecule has 2 aliphatic rings. The van der Waals surface area contributed by atoms with Crippen LogP contribution in [0.1, 0.15) is 12.8 Å². The molecule has 0 aromatic heterocycles. The van der Waals surface area contributed by atoms with Gasteiger partial charge in [-0.05, 0) is 37.1 Å². The predicted molar refractivity (Wildman–Crippen MR) is 108 cm³/mol. The number of nitrogens with zero attached hydrogens (tertiary/aromatic N) is 2. The van der Waals surface area contributed by atoms with Crippen LogP contribution in [0.25, 0.3) is 0 Å². The molecule has 0 saturated carbocycles. The second kappa shape index (κ2) is 9.15. The molecule has 180 valence electrons. The molecule has 0 aliphatic carbocycles. The van der Waals surface area contributed by atoms with Crippen LogP contribution in [0, 0.1) is 0 Å². The standard InChI is InChI=1S/C18H23F3N2O7S2/c1-31(25,26)16-4-2-13(3-5-16)23-10-15(30-17(23)24)11-29-14-6-8-22(9-7-14)32(27,28)12-18(19,20)21/h2-5,14-15H,6-12H2,1H3. The van der Waals surface area contributed by atoms with Gasteiger partial charge < -0.3 is 9.47 Å². The molecule has 14 heteroatoms. The Morgan fingerprint density at radius 1 is 1.09 bits per heavy atom. The van der Waals surface area contributed by atoms with Crippen molar-refractivity contribution in [1.29, 1.82) is 0 Å². The highest BCUT2D eigenvalue weighted by molar-refractivity contribution is 7.90. The second-order valence-electron chi connectivity index (χ2n) is 7.69. The second-order valence-corrected chi connectivity index (χ2v) is 11.7. The van der Waals surface area contributed by atoms with Crippen molar-refractivity contribution in [2.75, 3.05) is 43.1 Å². The summed E-state index contributed by atoms with van der Waals surface area (Å²) >= 11 is 0. The summed E-state index contributed by atoms with van der Waals surface area (Å²) in [6.45, 7) is 0.0676. The third-order valence-electron chi connectivity index (χ3n) is 5.11. The number of carbonyl (C=O) groups excluding carboxylic acids is 1. The van der Waals surface area contributed by atoms with Crippen LogP contribution in [0.4, 0.5) is 23.7 Å². The van der Waals surface area contributed by atoms with Crippen LogP contribution in [0.3, 0.4) is 0 Å². The lowest BCUT2D eigenvalue weighted by atomic mass is 10.1. The van der Waals surface area contributed by atoms with Crippen molar-refractivity contribution in [1.82, 2.24) is 4.31 Å². The van der Waals surface area contributed by atoms with Crippen molar-refractivity contribution in [2.24, 2.45) is 0 Å². The van der Waals surface area contributed by atoms with Crippen molar-refractivity contribution in [3.8, 4) is 0 Å². The Hall–Kier alpha value is -1.90. The quantitative estimate of drug-likeness (QED) is 0.561. The number of ether oxygens (including phenoxy) is 2. The molecule has 1 atom stereocenters. The molecule has 0 spiro atoms. The number of alkyl halides is 3. The van der Waals surface area contributed by atoms with Gasteiger partial charge in [-0.2, -0.15) is 13.2 Å². The van der Waals surface area contributed by atoms with Crippen molar-refractivity contribution in [3.63, 3.8) is 0 Å². The molecule has 2 fully saturated rings. The third-order valence-corrected chi connectivity index (χ3v) is 8.08. The van der Waals surface area contributed by atoms with E-state index < -0.39 is 44.0 Å². The molecule has 0 bridgehead atoms. The Kier molecular flexibility index (Phi) is 7.08. The van der Waals surface area contributed by atoms with E-state index in [1.165, 1.54) is 29.2 Å². The zero-order chi connectivity index (χ0) is 23.7. The number of amides is 1. The van der Waals surface area contributed by atoms with Gasteiger partial charge in [0.2, 0.25) is 10.0 Å². The van der Waals surface area contributed by atoms with Gasteiger partial charge in [0.05, 0.1) is 24.2 Å². The normalized spacial score (nSPS) is 21.7. The minimum Gasteiger partial charge on any atom is -0.441 e. The molecular formula is C18H23F3N2O7S2. The fraction of sp³-hybridized carbons (Fsp3) is 0.611. The van der Waals surface area contributed by atoms with Gasteiger partial charge in [0.25, 0.3) is 0 Å². The molecular weight excluding hydrogens is 477 g/mol. The molecule has 0 N–H and O–H groups in total. The first kappa shape index (κ1) is 24.7. The number of halogens is 3. The number of piperidine rings is 1. The van der Waals surface area contributed by atoms with E-state index in [2.05, 4.69) is 0 Å². The maximum Gasteiger partial charge on any atom is 0.414 e. The Bertz CT molecular complexity index is 1040. The maximum absolute atomic E-state index is 12.4. The summed E-state index contributed by atoms with van der Waals surface area (Å²) in [5.41, 5.74) is 0.466. The zero-order valence-electron chi connectivity index (χ0n) is 17.1. The highest BCUT2D eigenvalue weighted by atomic mass is 32.2. The molecule has 32 heavy (non-hydrogen) atoms. The van der Waals surface area contributed by atoms with E-state index in [4.69, 9.17) is 9.47 Å². The molecule has 2 saturated heterocycles. The molecule has 1 unspecified atom stereocenters. The zero-order valence-corrected chi connectivity index (χ0v) is 18.7. The van der Waals surface area contributed by atoms with E-state index in [0.717, 1.165) is 10.6 Å². The smallest absolute Gasteiger partial charge is 0.414 e. The van der Waals surface area contributed by atoms with Crippen molar-refractivity contribution in [2.45, 2.75) is 36.1 Å². The molecule has 2 aliphatic heterocycles. The van der Waals surface area contributed by atoms with E-state index in [9.17, 15) is 34.8 Å². The van der Waals surface area contributed by atoms with E-state index >= 15 is 0 Å². The lowest BCUT2D eigenvalue weighted by Crippen LogP contribution is -2.44. The number of carbonyl (C=O) groups is 1. The van der Waals surface area contributed by atoms with Gasteiger partial charge in [0.15, 0.2) is 15.6 Å². The van der Waals surface area contributed by atoms with Crippen LogP contribution < -0.4 is 4.90 Å². The van der Waals surface area contributed by atoms with Crippen LogP contribution in [0.5, 0.6) is 0 Å². The Morgan fingerprint density at radius 3 is 2.22 bits per heavy atom. The minimum absolute atomic E-state index is 0.0453. The van der Waals surface area contributed by atoms with Crippen molar-refractivity contribution in [3.05, 3.63) is 24.3 Å². The summed E-state index contributed by atoms with van der Waals surface area (Å²) in [5.74, 6) is -1.88. The van der Waals surface area contributed by atoms with Gasteiger partial charge in [-0.25, -0.2) is 25.9 Å². The average Bonchev–Trinajstić information content (AvgIpc) is 3.05. The number of sulfone groups is 1. The fourth-order valence-electron chi connectivity index (χ4n) is 3.51. The van der Waals surface area contributed by atoms with E-state index in [1.54, 1.807) is 0 Å². The molecule has 1 aromatic carbocycles. The number of benzene rings is 1.